The fourth-order valence-electron chi connectivity index (χ4n) is 2.06. The van der Waals surface area contributed by atoms with Gasteiger partial charge >= 0.3 is 0 Å². The lowest BCUT2D eigenvalue weighted by Crippen LogP contribution is -2.44. The number of likely N-dealkylation sites (N-methyl/N-ethyl adjacent to an activating group) is 1. The van der Waals surface area contributed by atoms with Gasteiger partial charge in [0.2, 0.25) is 11.8 Å². The van der Waals surface area contributed by atoms with E-state index in [1.165, 1.54) is 0 Å². The predicted octanol–water partition coefficient (Wildman–Crippen LogP) is 0.484. The Morgan fingerprint density at radius 1 is 1.60 bits per heavy atom. The van der Waals surface area contributed by atoms with Gasteiger partial charge in [0.05, 0.1) is 12.6 Å². The first-order valence-corrected chi connectivity index (χ1v) is 6.71. The molecule has 1 aliphatic rings. The fraction of sp³-hybridized carbons (Fsp3) is 0.750. The molecular weight excluding hydrogens is 282 g/mol. The molecule has 1 unspecified atom stereocenters. The van der Waals surface area contributed by atoms with Crippen LogP contribution in [0.2, 0.25) is 0 Å². The second kappa shape index (κ2) is 8.18. The highest BCUT2D eigenvalue weighted by molar-refractivity contribution is 5.85. The third-order valence-electron chi connectivity index (χ3n) is 3.21. The van der Waals surface area contributed by atoms with E-state index in [4.69, 9.17) is 4.52 Å². The average molecular weight is 304 g/mol. The summed E-state index contributed by atoms with van der Waals surface area (Å²) in [4.78, 5) is 17.9. The van der Waals surface area contributed by atoms with Crippen LogP contribution in [-0.4, -0.2) is 47.6 Å². The molecule has 1 amide bonds. The maximum atomic E-state index is 11.4. The second-order valence-electron chi connectivity index (χ2n) is 4.77. The second-order valence-corrected chi connectivity index (χ2v) is 4.77. The Hall–Kier alpha value is -1.18. The minimum atomic E-state index is 0. The highest BCUT2D eigenvalue weighted by Crippen LogP contribution is 2.17. The summed E-state index contributed by atoms with van der Waals surface area (Å²) in [5.41, 5.74) is 0. The molecule has 2 heterocycles. The molecule has 1 aromatic rings. The molecule has 1 aromatic heterocycles. The number of carbonyl (C=O) groups excluding carboxylic acids is 1. The summed E-state index contributed by atoms with van der Waals surface area (Å²) >= 11 is 0. The van der Waals surface area contributed by atoms with E-state index in [0.29, 0.717) is 24.7 Å². The third-order valence-corrected chi connectivity index (χ3v) is 3.21. The van der Waals surface area contributed by atoms with E-state index in [9.17, 15) is 4.79 Å². The Labute approximate surface area is 124 Å². The highest BCUT2D eigenvalue weighted by Gasteiger charge is 2.25. The van der Waals surface area contributed by atoms with Crippen molar-refractivity contribution in [1.82, 2.24) is 25.7 Å². The van der Waals surface area contributed by atoms with Crippen molar-refractivity contribution in [3.05, 3.63) is 11.7 Å². The number of hydrogen-bond donors (Lipinski definition) is 2. The summed E-state index contributed by atoms with van der Waals surface area (Å²) in [7, 11) is 2.05. The maximum Gasteiger partial charge on any atom is 0.246 e. The van der Waals surface area contributed by atoms with Gasteiger partial charge in [-0.2, -0.15) is 4.98 Å². The van der Waals surface area contributed by atoms with Crippen LogP contribution >= 0.6 is 12.4 Å². The molecule has 114 valence electrons. The minimum absolute atomic E-state index is 0. The molecule has 0 bridgehead atoms. The Morgan fingerprint density at radius 2 is 2.40 bits per heavy atom. The SMILES string of the molecule is CCCC(=O)NCc1nc(C2CNCCN2C)no1.Cl. The predicted molar refractivity (Wildman–Crippen MR) is 76.5 cm³/mol. The van der Waals surface area contributed by atoms with Gasteiger partial charge in [0.15, 0.2) is 5.82 Å². The third kappa shape index (κ3) is 4.43. The first-order chi connectivity index (χ1) is 9.20. The molecule has 1 atom stereocenters. The van der Waals surface area contributed by atoms with E-state index in [2.05, 4.69) is 25.7 Å². The van der Waals surface area contributed by atoms with Gasteiger partial charge in [-0.3, -0.25) is 9.69 Å². The Bertz CT molecular complexity index is 426. The van der Waals surface area contributed by atoms with Crippen LogP contribution in [0.4, 0.5) is 0 Å². The van der Waals surface area contributed by atoms with Crippen LogP contribution in [-0.2, 0) is 11.3 Å². The van der Waals surface area contributed by atoms with E-state index in [1.807, 2.05) is 14.0 Å². The van der Waals surface area contributed by atoms with Crippen LogP contribution in [0.1, 0.15) is 37.5 Å². The number of piperazine rings is 1. The van der Waals surface area contributed by atoms with Crippen molar-refractivity contribution < 1.29 is 9.32 Å². The highest BCUT2D eigenvalue weighted by atomic mass is 35.5. The van der Waals surface area contributed by atoms with Gasteiger partial charge < -0.3 is 15.2 Å². The van der Waals surface area contributed by atoms with Crippen LogP contribution in [0.15, 0.2) is 4.52 Å². The van der Waals surface area contributed by atoms with E-state index in [1.54, 1.807) is 0 Å². The number of halogens is 1. The number of hydrogen-bond acceptors (Lipinski definition) is 6. The van der Waals surface area contributed by atoms with E-state index < -0.39 is 0 Å². The van der Waals surface area contributed by atoms with E-state index in [-0.39, 0.29) is 24.4 Å². The summed E-state index contributed by atoms with van der Waals surface area (Å²) in [6.07, 6.45) is 1.36. The Morgan fingerprint density at radius 3 is 3.10 bits per heavy atom. The molecular formula is C12H22ClN5O2. The fourth-order valence-corrected chi connectivity index (χ4v) is 2.06. The van der Waals surface area contributed by atoms with Gasteiger partial charge in [-0.15, -0.1) is 12.4 Å². The van der Waals surface area contributed by atoms with E-state index in [0.717, 1.165) is 26.1 Å². The smallest absolute Gasteiger partial charge is 0.246 e. The maximum absolute atomic E-state index is 11.4. The number of carbonyl (C=O) groups is 1. The number of amides is 1. The number of nitrogens with zero attached hydrogens (tertiary/aromatic N) is 3. The first kappa shape index (κ1) is 16.9. The lowest BCUT2D eigenvalue weighted by atomic mass is 10.2. The summed E-state index contributed by atoms with van der Waals surface area (Å²) < 4.78 is 5.16. The van der Waals surface area contributed by atoms with Crippen molar-refractivity contribution in [2.75, 3.05) is 26.7 Å². The van der Waals surface area contributed by atoms with Crippen LogP contribution in [0.5, 0.6) is 0 Å². The summed E-state index contributed by atoms with van der Waals surface area (Å²) in [6, 6.07) is 0.137. The van der Waals surface area contributed by atoms with Crippen molar-refractivity contribution in [3.8, 4) is 0 Å². The van der Waals surface area contributed by atoms with Crippen molar-refractivity contribution >= 4 is 18.3 Å². The molecule has 0 aromatic carbocycles. The van der Waals surface area contributed by atoms with Gasteiger partial charge in [0, 0.05) is 26.1 Å². The normalized spacial score (nSPS) is 19.4. The van der Waals surface area contributed by atoms with Crippen molar-refractivity contribution in [1.29, 1.82) is 0 Å². The molecule has 0 aliphatic carbocycles. The zero-order valence-electron chi connectivity index (χ0n) is 11.9. The Balaban J connectivity index is 0.00000200. The van der Waals surface area contributed by atoms with Gasteiger partial charge in [-0.1, -0.05) is 12.1 Å². The molecule has 0 spiro atoms. The standard InChI is InChI=1S/C12H21N5O2.ClH/c1-3-4-10(18)14-8-11-15-12(16-19-11)9-7-13-5-6-17(9)2;/h9,13H,3-8H2,1-2H3,(H,14,18);1H. The molecule has 7 nitrogen and oxygen atoms in total. The number of rotatable bonds is 5. The van der Waals surface area contributed by atoms with Gasteiger partial charge in [0.1, 0.15) is 0 Å². The van der Waals surface area contributed by atoms with Crippen LogP contribution in [0, 0.1) is 0 Å². The molecule has 0 radical (unpaired) electrons. The first-order valence-electron chi connectivity index (χ1n) is 6.71. The van der Waals surface area contributed by atoms with Crippen molar-refractivity contribution in [2.45, 2.75) is 32.4 Å². The quantitative estimate of drug-likeness (QED) is 0.823. The number of nitrogens with one attached hydrogen (secondary N) is 2. The van der Waals surface area contributed by atoms with Crippen LogP contribution in [0.3, 0.4) is 0 Å². The van der Waals surface area contributed by atoms with Gasteiger partial charge in [0.25, 0.3) is 0 Å². The monoisotopic (exact) mass is 303 g/mol. The topological polar surface area (TPSA) is 83.3 Å². The molecule has 1 aliphatic heterocycles. The summed E-state index contributed by atoms with van der Waals surface area (Å²) in [6.45, 7) is 5.02. The summed E-state index contributed by atoms with van der Waals surface area (Å²) in [5.74, 6) is 1.14. The van der Waals surface area contributed by atoms with Crippen LogP contribution < -0.4 is 10.6 Å². The largest absolute Gasteiger partial charge is 0.347 e. The molecule has 1 fully saturated rings. The van der Waals surface area contributed by atoms with Crippen LogP contribution in [0.25, 0.3) is 0 Å². The lowest BCUT2D eigenvalue weighted by Gasteiger charge is -2.30. The zero-order chi connectivity index (χ0) is 13.7. The molecule has 0 saturated carbocycles. The lowest BCUT2D eigenvalue weighted by molar-refractivity contribution is -0.121. The molecule has 2 rings (SSSR count). The average Bonchev–Trinajstić information content (AvgIpc) is 2.86. The van der Waals surface area contributed by atoms with Crippen molar-refractivity contribution in [3.63, 3.8) is 0 Å². The Kier molecular flexibility index (Phi) is 6.90. The minimum Gasteiger partial charge on any atom is -0.347 e. The molecule has 20 heavy (non-hydrogen) atoms. The summed E-state index contributed by atoms with van der Waals surface area (Å²) in [5, 5.41) is 10.1. The molecule has 8 heteroatoms. The molecule has 2 N–H and O–H groups in total. The van der Waals surface area contributed by atoms with Crippen molar-refractivity contribution in [2.24, 2.45) is 0 Å². The van der Waals surface area contributed by atoms with E-state index >= 15 is 0 Å². The zero-order valence-corrected chi connectivity index (χ0v) is 12.7. The molecule has 1 saturated heterocycles. The van der Waals surface area contributed by atoms with Gasteiger partial charge in [-0.05, 0) is 13.5 Å². The number of aromatic nitrogens is 2. The van der Waals surface area contributed by atoms with Gasteiger partial charge in [-0.25, -0.2) is 0 Å².